The molecular weight excluding hydrogens is 420 g/mol. The van der Waals surface area contributed by atoms with Crippen molar-refractivity contribution < 1.29 is 14.7 Å². The highest BCUT2D eigenvalue weighted by Gasteiger charge is 2.37. The summed E-state index contributed by atoms with van der Waals surface area (Å²) in [6, 6.07) is 0. The fourth-order valence-electron chi connectivity index (χ4n) is 3.36. The highest BCUT2D eigenvalue weighted by Crippen LogP contribution is 2.38. The van der Waals surface area contributed by atoms with Gasteiger partial charge in [0, 0.05) is 16.6 Å². The first-order valence-electron chi connectivity index (χ1n) is 11.5. The smallest absolute Gasteiger partial charge is 0.187 e. The average molecular weight is 459 g/mol. The number of hydrogen-bond acceptors (Lipinski definition) is 3. The summed E-state index contributed by atoms with van der Waals surface area (Å²) in [7, 11) is 0. The van der Waals surface area contributed by atoms with Crippen molar-refractivity contribution >= 4 is 11.6 Å². The van der Waals surface area contributed by atoms with Gasteiger partial charge in [0.1, 0.15) is 6.10 Å². The molecule has 1 atom stereocenters. The molecule has 0 fully saturated rings. The lowest BCUT2D eigenvalue weighted by Gasteiger charge is -2.33. The molecule has 1 N–H and O–H groups in total. The van der Waals surface area contributed by atoms with Crippen molar-refractivity contribution in [2.75, 3.05) is 0 Å². The van der Waals surface area contributed by atoms with Crippen LogP contribution in [0.5, 0.6) is 0 Å². The molecule has 0 saturated carbocycles. The topological polar surface area (TPSA) is 54.4 Å². The summed E-state index contributed by atoms with van der Waals surface area (Å²) in [6.45, 7) is 15.1. The first-order chi connectivity index (χ1) is 15.8. The molecule has 0 spiro atoms. The molecule has 1 aliphatic rings. The van der Waals surface area contributed by atoms with Gasteiger partial charge in [-0.15, -0.1) is 0 Å². The van der Waals surface area contributed by atoms with Gasteiger partial charge in [0.05, 0.1) is 0 Å². The number of aliphatic hydroxyl groups excluding tert-OH is 1. The zero-order chi connectivity index (χ0) is 25.9. The SMILES string of the molecule is CC(=O)/C(C)=C/C=C/C(C)=C/C=C/C=C(C)/C=C/C=C(\C)C#CC1=C(C)C(=O)[C@@H](O)CC1(C)C. The first-order valence-corrected chi connectivity index (χ1v) is 11.5. The Morgan fingerprint density at radius 3 is 1.97 bits per heavy atom. The van der Waals surface area contributed by atoms with Crippen LogP contribution in [0.15, 0.2) is 94.2 Å². The summed E-state index contributed by atoms with van der Waals surface area (Å²) in [5.74, 6) is 6.16. The van der Waals surface area contributed by atoms with Crippen molar-refractivity contribution in [3.63, 3.8) is 0 Å². The van der Waals surface area contributed by atoms with Crippen molar-refractivity contribution in [3.8, 4) is 11.8 Å². The van der Waals surface area contributed by atoms with E-state index >= 15 is 0 Å². The van der Waals surface area contributed by atoms with Crippen LogP contribution in [0.3, 0.4) is 0 Å². The minimum Gasteiger partial charge on any atom is -0.385 e. The number of rotatable bonds is 7. The zero-order valence-corrected chi connectivity index (χ0v) is 21.8. The van der Waals surface area contributed by atoms with Gasteiger partial charge in [-0.25, -0.2) is 0 Å². The molecule has 3 nitrogen and oxygen atoms in total. The van der Waals surface area contributed by atoms with E-state index in [2.05, 4.69) is 11.8 Å². The van der Waals surface area contributed by atoms with Gasteiger partial charge in [0.25, 0.3) is 0 Å². The Balaban J connectivity index is 2.78. The van der Waals surface area contributed by atoms with Crippen molar-refractivity contribution in [1.29, 1.82) is 0 Å². The molecule has 0 aliphatic heterocycles. The maximum atomic E-state index is 12.1. The summed E-state index contributed by atoms with van der Waals surface area (Å²) in [5, 5.41) is 9.94. The largest absolute Gasteiger partial charge is 0.385 e. The van der Waals surface area contributed by atoms with Crippen LogP contribution >= 0.6 is 0 Å². The molecule has 180 valence electrons. The van der Waals surface area contributed by atoms with Crippen molar-refractivity contribution in [1.82, 2.24) is 0 Å². The molecule has 1 rings (SSSR count). The molecule has 0 aromatic carbocycles. The van der Waals surface area contributed by atoms with E-state index in [0.29, 0.717) is 12.0 Å². The van der Waals surface area contributed by atoms with E-state index in [-0.39, 0.29) is 17.0 Å². The predicted octanol–water partition coefficient (Wildman–Crippen LogP) is 6.71. The van der Waals surface area contributed by atoms with Crippen LogP contribution in [0.4, 0.5) is 0 Å². The lowest BCUT2D eigenvalue weighted by Crippen LogP contribution is -2.35. The van der Waals surface area contributed by atoms with Gasteiger partial charge < -0.3 is 5.11 Å². The van der Waals surface area contributed by atoms with Gasteiger partial charge in [0.15, 0.2) is 11.6 Å². The molecule has 0 saturated heterocycles. The molecule has 0 radical (unpaired) electrons. The van der Waals surface area contributed by atoms with Gasteiger partial charge in [-0.05, 0) is 59.1 Å². The number of ketones is 2. The van der Waals surface area contributed by atoms with Crippen LogP contribution in [-0.2, 0) is 9.59 Å². The standard InChI is InChI=1S/C31H38O3/c1-22(13-9-10-14-23(2)17-12-18-25(4)27(6)32)15-11-16-24(3)19-20-28-26(5)30(34)29(33)21-31(28,7)8/h9-18,29,33H,21H2,1-8H3/b10-9+,15-11+,17-12+,22-13+,23-14+,24-16+,25-18+/t29-/m0/s1. The van der Waals surface area contributed by atoms with Crippen LogP contribution in [0.2, 0.25) is 0 Å². The maximum absolute atomic E-state index is 12.1. The Labute approximate surface area is 205 Å². The molecule has 0 bridgehead atoms. The Hall–Kier alpha value is -3.22. The van der Waals surface area contributed by atoms with E-state index in [0.717, 1.165) is 27.9 Å². The summed E-state index contributed by atoms with van der Waals surface area (Å²) in [4.78, 5) is 23.3. The van der Waals surface area contributed by atoms with Gasteiger partial charge in [-0.1, -0.05) is 97.6 Å². The lowest BCUT2D eigenvalue weighted by molar-refractivity contribution is -0.125. The summed E-state index contributed by atoms with van der Waals surface area (Å²) in [6.07, 6.45) is 19.0. The van der Waals surface area contributed by atoms with Crippen LogP contribution in [0.1, 0.15) is 61.8 Å². The van der Waals surface area contributed by atoms with E-state index in [1.165, 1.54) is 0 Å². The molecule has 34 heavy (non-hydrogen) atoms. The molecule has 0 aromatic rings. The second-order valence-electron chi connectivity index (χ2n) is 9.40. The van der Waals surface area contributed by atoms with Crippen LogP contribution < -0.4 is 0 Å². The predicted molar refractivity (Wildman–Crippen MR) is 143 cm³/mol. The Morgan fingerprint density at radius 2 is 1.44 bits per heavy atom. The fourth-order valence-corrected chi connectivity index (χ4v) is 3.36. The average Bonchev–Trinajstić information content (AvgIpc) is 2.74. The molecule has 0 amide bonds. The lowest BCUT2D eigenvalue weighted by atomic mass is 9.71. The highest BCUT2D eigenvalue weighted by molar-refractivity contribution is 6.00. The van der Waals surface area contributed by atoms with Gasteiger partial charge in [-0.2, -0.15) is 0 Å². The van der Waals surface area contributed by atoms with E-state index in [1.807, 2.05) is 95.4 Å². The highest BCUT2D eigenvalue weighted by atomic mass is 16.3. The van der Waals surface area contributed by atoms with Crippen LogP contribution in [-0.4, -0.2) is 22.8 Å². The van der Waals surface area contributed by atoms with E-state index in [9.17, 15) is 14.7 Å². The maximum Gasteiger partial charge on any atom is 0.187 e. The minimum absolute atomic E-state index is 0.0785. The van der Waals surface area contributed by atoms with Gasteiger partial charge in [0.2, 0.25) is 0 Å². The Bertz CT molecular complexity index is 1100. The van der Waals surface area contributed by atoms with Crippen molar-refractivity contribution in [2.45, 2.75) is 67.9 Å². The minimum atomic E-state index is -0.932. The third kappa shape index (κ3) is 9.73. The molecule has 3 heteroatoms. The van der Waals surface area contributed by atoms with Gasteiger partial charge >= 0.3 is 0 Å². The van der Waals surface area contributed by atoms with Crippen LogP contribution in [0, 0.1) is 17.3 Å². The quantitative estimate of drug-likeness (QED) is 0.262. The number of aliphatic hydroxyl groups is 1. The number of allylic oxidation sites excluding steroid dienone is 15. The number of carbonyl (C=O) groups is 2. The molecular formula is C31H38O3. The molecule has 0 aromatic heterocycles. The fraction of sp³-hybridized carbons (Fsp3) is 0.355. The van der Waals surface area contributed by atoms with Crippen molar-refractivity contribution in [2.24, 2.45) is 5.41 Å². The first kappa shape index (κ1) is 28.8. The van der Waals surface area contributed by atoms with E-state index < -0.39 is 6.10 Å². The van der Waals surface area contributed by atoms with Crippen LogP contribution in [0.25, 0.3) is 0 Å². The number of carbonyl (C=O) groups excluding carboxylic acids is 2. The number of Topliss-reactive ketones (excluding diaryl/α,β-unsaturated/α-hetero) is 2. The van der Waals surface area contributed by atoms with E-state index in [4.69, 9.17) is 0 Å². The Kier molecular flexibility index (Phi) is 11.4. The number of hydrogen-bond donors (Lipinski definition) is 1. The molecule has 0 heterocycles. The molecule has 0 unspecified atom stereocenters. The summed E-state index contributed by atoms with van der Waals surface area (Å²) >= 11 is 0. The third-order valence-corrected chi connectivity index (χ3v) is 5.61. The molecule has 1 aliphatic carbocycles. The summed E-state index contributed by atoms with van der Waals surface area (Å²) in [5.41, 5.74) is 4.87. The van der Waals surface area contributed by atoms with E-state index in [1.54, 1.807) is 20.8 Å². The third-order valence-electron chi connectivity index (χ3n) is 5.61. The van der Waals surface area contributed by atoms with Crippen molar-refractivity contribution in [3.05, 3.63) is 94.2 Å². The Morgan fingerprint density at radius 1 is 0.912 bits per heavy atom. The second kappa shape index (κ2) is 13.5. The monoisotopic (exact) mass is 458 g/mol. The second-order valence-corrected chi connectivity index (χ2v) is 9.40. The normalized spacial score (nSPS) is 20.5. The zero-order valence-electron chi connectivity index (χ0n) is 21.8. The van der Waals surface area contributed by atoms with Gasteiger partial charge in [-0.3, -0.25) is 9.59 Å². The summed E-state index contributed by atoms with van der Waals surface area (Å²) < 4.78 is 0.